The third-order valence-electron chi connectivity index (χ3n) is 4.30. The lowest BCUT2D eigenvalue weighted by molar-refractivity contribution is 0.102. The van der Waals surface area contributed by atoms with Gasteiger partial charge in [-0.1, -0.05) is 29.3 Å². The summed E-state index contributed by atoms with van der Waals surface area (Å²) in [5.74, 6) is -0.314. The van der Waals surface area contributed by atoms with Crippen molar-refractivity contribution < 1.29 is 13.2 Å². The van der Waals surface area contributed by atoms with E-state index in [1.54, 1.807) is 37.3 Å². The minimum Gasteiger partial charge on any atom is -0.322 e. The van der Waals surface area contributed by atoms with Gasteiger partial charge in [-0.05, 0) is 79.6 Å². The molecule has 0 fully saturated rings. The predicted molar refractivity (Wildman–Crippen MR) is 118 cm³/mol. The molecule has 0 atom stereocenters. The standard InChI is InChI=1S/C21H18Cl2N2O3S/c1-13-3-5-17(23)12-20(13)24-21(26)15-4-10-19(14(2)11-15)25-29(27,28)18-8-6-16(22)7-9-18/h3-12,25H,1-2H3,(H,24,26). The fraction of sp³-hybridized carbons (Fsp3) is 0.0952. The number of anilines is 2. The van der Waals surface area contributed by atoms with Crippen molar-refractivity contribution >= 4 is 50.5 Å². The Morgan fingerprint density at radius 2 is 1.45 bits per heavy atom. The molecule has 1 amide bonds. The number of benzene rings is 3. The lowest BCUT2D eigenvalue weighted by Crippen LogP contribution is -2.15. The van der Waals surface area contributed by atoms with Crippen LogP contribution in [0.4, 0.5) is 11.4 Å². The first kappa shape index (κ1) is 21.2. The van der Waals surface area contributed by atoms with Crippen molar-refractivity contribution in [2.75, 3.05) is 10.0 Å². The quantitative estimate of drug-likeness (QED) is 0.528. The van der Waals surface area contributed by atoms with E-state index in [-0.39, 0.29) is 10.8 Å². The molecule has 0 saturated heterocycles. The van der Waals surface area contributed by atoms with Crippen LogP contribution in [0.15, 0.2) is 65.6 Å². The average molecular weight is 449 g/mol. The monoisotopic (exact) mass is 448 g/mol. The number of carbonyl (C=O) groups is 1. The molecule has 3 rings (SSSR count). The zero-order valence-corrected chi connectivity index (χ0v) is 18.0. The van der Waals surface area contributed by atoms with Crippen molar-refractivity contribution in [3.63, 3.8) is 0 Å². The maximum absolute atomic E-state index is 12.6. The van der Waals surface area contributed by atoms with E-state index in [4.69, 9.17) is 23.2 Å². The molecule has 0 spiro atoms. The summed E-state index contributed by atoms with van der Waals surface area (Å²) < 4.78 is 27.6. The third kappa shape index (κ3) is 5.09. The minimum atomic E-state index is -3.77. The van der Waals surface area contributed by atoms with E-state index < -0.39 is 10.0 Å². The molecule has 3 aromatic rings. The van der Waals surface area contributed by atoms with Gasteiger partial charge in [-0.25, -0.2) is 8.42 Å². The van der Waals surface area contributed by atoms with E-state index in [0.29, 0.717) is 32.5 Å². The van der Waals surface area contributed by atoms with E-state index in [0.717, 1.165) is 5.56 Å². The largest absolute Gasteiger partial charge is 0.322 e. The number of halogens is 2. The highest BCUT2D eigenvalue weighted by atomic mass is 35.5. The summed E-state index contributed by atoms with van der Waals surface area (Å²) in [6.45, 7) is 3.59. The van der Waals surface area contributed by atoms with Gasteiger partial charge in [0, 0.05) is 21.3 Å². The summed E-state index contributed by atoms with van der Waals surface area (Å²) in [6, 6.07) is 15.8. The van der Waals surface area contributed by atoms with Gasteiger partial charge in [-0.2, -0.15) is 0 Å². The average Bonchev–Trinajstić information content (AvgIpc) is 2.66. The molecule has 29 heavy (non-hydrogen) atoms. The Labute approximate surface area is 179 Å². The van der Waals surface area contributed by atoms with E-state index >= 15 is 0 Å². The summed E-state index contributed by atoms with van der Waals surface area (Å²) in [7, 11) is -3.77. The number of aryl methyl sites for hydroxylation is 2. The van der Waals surface area contributed by atoms with Crippen LogP contribution < -0.4 is 10.0 Å². The van der Waals surface area contributed by atoms with E-state index in [1.165, 1.54) is 24.3 Å². The molecule has 0 aromatic heterocycles. The summed E-state index contributed by atoms with van der Waals surface area (Å²) in [5.41, 5.74) is 2.89. The number of amides is 1. The molecule has 0 aliphatic heterocycles. The molecule has 8 heteroatoms. The Balaban J connectivity index is 1.80. The van der Waals surface area contributed by atoms with Crippen molar-refractivity contribution in [1.29, 1.82) is 0 Å². The summed E-state index contributed by atoms with van der Waals surface area (Å²) >= 11 is 11.8. The SMILES string of the molecule is Cc1ccc(Cl)cc1NC(=O)c1ccc(NS(=O)(=O)c2ccc(Cl)cc2)c(C)c1. The van der Waals surface area contributed by atoms with Gasteiger partial charge in [0.25, 0.3) is 15.9 Å². The highest BCUT2D eigenvalue weighted by Crippen LogP contribution is 2.24. The Kier molecular flexibility index (Phi) is 6.17. The fourth-order valence-corrected chi connectivity index (χ4v) is 4.09. The zero-order valence-electron chi connectivity index (χ0n) is 15.7. The zero-order chi connectivity index (χ0) is 21.2. The Bertz CT molecular complexity index is 1180. The maximum Gasteiger partial charge on any atom is 0.261 e. The van der Waals surface area contributed by atoms with Crippen LogP contribution in [0, 0.1) is 13.8 Å². The Hall–Kier alpha value is -2.54. The lowest BCUT2D eigenvalue weighted by Gasteiger charge is -2.13. The van der Waals surface area contributed by atoms with Gasteiger partial charge >= 0.3 is 0 Å². The molecule has 0 unspecified atom stereocenters. The van der Waals surface area contributed by atoms with Crippen LogP contribution >= 0.6 is 23.2 Å². The smallest absolute Gasteiger partial charge is 0.261 e. The maximum atomic E-state index is 12.6. The first-order chi connectivity index (χ1) is 13.7. The molecular weight excluding hydrogens is 431 g/mol. The van der Waals surface area contributed by atoms with E-state index in [1.807, 2.05) is 13.0 Å². The van der Waals surface area contributed by atoms with Crippen molar-refractivity contribution in [1.82, 2.24) is 0 Å². The van der Waals surface area contributed by atoms with Crippen LogP contribution in [-0.2, 0) is 10.0 Å². The van der Waals surface area contributed by atoms with Gasteiger partial charge in [0.15, 0.2) is 0 Å². The minimum absolute atomic E-state index is 0.0968. The number of rotatable bonds is 5. The number of nitrogens with one attached hydrogen (secondary N) is 2. The van der Waals surface area contributed by atoms with Crippen LogP contribution in [-0.4, -0.2) is 14.3 Å². The summed E-state index contributed by atoms with van der Waals surface area (Å²) in [6.07, 6.45) is 0. The second-order valence-corrected chi connectivity index (χ2v) is 9.06. The first-order valence-electron chi connectivity index (χ1n) is 8.62. The van der Waals surface area contributed by atoms with E-state index in [9.17, 15) is 13.2 Å². The van der Waals surface area contributed by atoms with Gasteiger partial charge in [0.1, 0.15) is 0 Å². The van der Waals surface area contributed by atoms with E-state index in [2.05, 4.69) is 10.0 Å². The van der Waals surface area contributed by atoms with Crippen LogP contribution in [0.1, 0.15) is 21.5 Å². The van der Waals surface area contributed by atoms with Crippen LogP contribution in [0.25, 0.3) is 0 Å². The number of hydrogen-bond acceptors (Lipinski definition) is 3. The van der Waals surface area contributed by atoms with Crippen molar-refractivity contribution in [3.05, 3.63) is 87.4 Å². The lowest BCUT2D eigenvalue weighted by atomic mass is 10.1. The highest BCUT2D eigenvalue weighted by Gasteiger charge is 2.16. The molecule has 0 aliphatic carbocycles. The molecule has 3 aromatic carbocycles. The predicted octanol–water partition coefficient (Wildman–Crippen LogP) is 5.66. The molecular formula is C21H18Cl2N2O3S. The van der Waals surface area contributed by atoms with Gasteiger partial charge in [0.05, 0.1) is 10.6 Å². The summed E-state index contributed by atoms with van der Waals surface area (Å²) in [4.78, 5) is 12.7. The van der Waals surface area contributed by atoms with Crippen LogP contribution in [0.3, 0.4) is 0 Å². The van der Waals surface area contributed by atoms with Crippen LogP contribution in [0.2, 0.25) is 10.0 Å². The van der Waals surface area contributed by atoms with Crippen molar-refractivity contribution in [2.24, 2.45) is 0 Å². The molecule has 0 bridgehead atoms. The third-order valence-corrected chi connectivity index (χ3v) is 6.17. The van der Waals surface area contributed by atoms with Crippen molar-refractivity contribution in [3.8, 4) is 0 Å². The Morgan fingerprint density at radius 3 is 2.10 bits per heavy atom. The van der Waals surface area contributed by atoms with Crippen LogP contribution in [0.5, 0.6) is 0 Å². The molecule has 0 heterocycles. The Morgan fingerprint density at radius 1 is 0.793 bits per heavy atom. The topological polar surface area (TPSA) is 75.3 Å². The van der Waals surface area contributed by atoms with Gasteiger partial charge < -0.3 is 5.32 Å². The molecule has 5 nitrogen and oxygen atoms in total. The number of carbonyl (C=O) groups excluding carboxylic acids is 1. The molecule has 150 valence electrons. The first-order valence-corrected chi connectivity index (χ1v) is 10.9. The van der Waals surface area contributed by atoms with Gasteiger partial charge in [-0.15, -0.1) is 0 Å². The van der Waals surface area contributed by atoms with Crippen molar-refractivity contribution in [2.45, 2.75) is 18.7 Å². The normalized spacial score (nSPS) is 11.2. The molecule has 0 radical (unpaired) electrons. The number of hydrogen-bond donors (Lipinski definition) is 2. The highest BCUT2D eigenvalue weighted by molar-refractivity contribution is 7.92. The molecule has 0 saturated carbocycles. The molecule has 0 aliphatic rings. The summed E-state index contributed by atoms with van der Waals surface area (Å²) in [5, 5.41) is 3.79. The fourth-order valence-electron chi connectivity index (χ4n) is 2.66. The molecule has 2 N–H and O–H groups in total. The second kappa shape index (κ2) is 8.45. The van der Waals surface area contributed by atoms with Gasteiger partial charge in [-0.3, -0.25) is 9.52 Å². The second-order valence-electron chi connectivity index (χ2n) is 6.50. The van der Waals surface area contributed by atoms with Gasteiger partial charge in [0.2, 0.25) is 0 Å². The number of sulfonamides is 1.